The zero-order valence-electron chi connectivity index (χ0n) is 17.7. The summed E-state index contributed by atoms with van der Waals surface area (Å²) in [5.74, 6) is -0.139. The first kappa shape index (κ1) is 23.2. The molecule has 0 fully saturated rings. The molecule has 3 rings (SSSR count). The minimum Gasteiger partial charge on any atom is -0.367 e. The second-order valence-electron chi connectivity index (χ2n) is 7.37. The molecule has 0 saturated carbocycles. The van der Waals surface area contributed by atoms with Crippen LogP contribution in [0.25, 0.3) is 5.65 Å². The van der Waals surface area contributed by atoms with Gasteiger partial charge in [-0.2, -0.15) is 23.5 Å². The number of nitrogens with zero attached hydrogens (tertiary/aromatic N) is 4. The normalized spacial score (nSPS) is 11.5. The van der Waals surface area contributed by atoms with Crippen molar-refractivity contribution in [3.8, 4) is 6.07 Å². The number of amides is 1. The van der Waals surface area contributed by atoms with Crippen molar-refractivity contribution in [1.82, 2.24) is 19.9 Å². The number of carbonyl (C=O) groups is 1. The van der Waals surface area contributed by atoms with Gasteiger partial charge in [-0.05, 0) is 37.0 Å². The van der Waals surface area contributed by atoms with Crippen molar-refractivity contribution in [2.75, 3.05) is 6.61 Å². The molecule has 0 aliphatic rings. The highest BCUT2D eigenvalue weighted by Crippen LogP contribution is 2.18. The lowest BCUT2D eigenvalue weighted by atomic mass is 10.1. The Balaban J connectivity index is 1.51. The molecule has 7 nitrogen and oxygen atoms in total. The molecule has 168 valence electrons. The van der Waals surface area contributed by atoms with Gasteiger partial charge in [0.05, 0.1) is 12.8 Å². The molecule has 3 aromatic rings. The van der Waals surface area contributed by atoms with E-state index in [-0.39, 0.29) is 18.9 Å². The molecule has 1 N–H and O–H groups in total. The maximum atomic E-state index is 12.3. The van der Waals surface area contributed by atoms with Crippen LogP contribution in [0.4, 0.5) is 13.2 Å². The summed E-state index contributed by atoms with van der Waals surface area (Å²) >= 11 is 0. The van der Waals surface area contributed by atoms with Gasteiger partial charge in [-0.25, -0.2) is 9.50 Å². The van der Waals surface area contributed by atoms with Crippen molar-refractivity contribution in [2.24, 2.45) is 0 Å². The number of alkyl halides is 3. The van der Waals surface area contributed by atoms with Crippen LogP contribution in [0.15, 0.2) is 30.5 Å². The van der Waals surface area contributed by atoms with E-state index in [1.807, 2.05) is 13.8 Å². The predicted molar refractivity (Wildman–Crippen MR) is 109 cm³/mol. The van der Waals surface area contributed by atoms with Crippen LogP contribution >= 0.6 is 0 Å². The molecule has 1 amide bonds. The molecule has 1 aromatic carbocycles. The van der Waals surface area contributed by atoms with Crippen molar-refractivity contribution < 1.29 is 22.7 Å². The summed E-state index contributed by atoms with van der Waals surface area (Å²) in [7, 11) is 0. The van der Waals surface area contributed by atoms with Gasteiger partial charge in [-0.3, -0.25) is 4.79 Å². The van der Waals surface area contributed by atoms with Gasteiger partial charge in [0.2, 0.25) is 5.91 Å². The highest BCUT2D eigenvalue weighted by molar-refractivity contribution is 5.76. The predicted octanol–water partition coefficient (Wildman–Crippen LogP) is 3.55. The van der Waals surface area contributed by atoms with E-state index >= 15 is 0 Å². The Morgan fingerprint density at radius 3 is 2.56 bits per heavy atom. The maximum Gasteiger partial charge on any atom is 0.411 e. The highest BCUT2D eigenvalue weighted by Gasteiger charge is 2.27. The number of aryl methyl sites for hydroxylation is 2. The van der Waals surface area contributed by atoms with Crippen molar-refractivity contribution in [1.29, 1.82) is 5.26 Å². The first-order valence-electron chi connectivity index (χ1n) is 9.91. The van der Waals surface area contributed by atoms with Crippen LogP contribution in [0.3, 0.4) is 0 Å². The van der Waals surface area contributed by atoms with Crippen LogP contribution in [-0.2, 0) is 29.1 Å². The van der Waals surface area contributed by atoms with Crippen molar-refractivity contribution >= 4 is 11.6 Å². The van der Waals surface area contributed by atoms with Crippen LogP contribution in [0, 0.1) is 25.2 Å². The standard InChI is InChI=1S/C22H22F3N5O2/c1-14-19(15(2)30-21(29-14)18(9-26)11-28-30)7-8-20(31)27-10-16-3-5-17(6-4-16)12-32-13-22(23,24)25/h3-6,11H,7-8,10,12-13H2,1-2H3,(H,27,31). The van der Waals surface area contributed by atoms with Gasteiger partial charge in [0.25, 0.3) is 0 Å². The lowest BCUT2D eigenvalue weighted by Gasteiger charge is -2.11. The van der Waals surface area contributed by atoms with Crippen LogP contribution in [0.2, 0.25) is 0 Å². The van der Waals surface area contributed by atoms with Crippen molar-refractivity contribution in [2.45, 2.75) is 46.0 Å². The van der Waals surface area contributed by atoms with Crippen LogP contribution in [-0.4, -0.2) is 33.3 Å². The van der Waals surface area contributed by atoms with E-state index in [1.54, 1.807) is 28.8 Å². The van der Waals surface area contributed by atoms with Crippen LogP contribution in [0.1, 0.15) is 40.1 Å². The molecule has 32 heavy (non-hydrogen) atoms. The molecule has 0 aliphatic carbocycles. The van der Waals surface area contributed by atoms with Gasteiger partial charge < -0.3 is 10.1 Å². The van der Waals surface area contributed by atoms with Gasteiger partial charge in [0, 0.05) is 24.4 Å². The number of nitriles is 1. The van der Waals surface area contributed by atoms with Gasteiger partial charge in [-0.15, -0.1) is 0 Å². The summed E-state index contributed by atoms with van der Waals surface area (Å²) in [6.07, 6.45) is -2.14. The first-order valence-corrected chi connectivity index (χ1v) is 9.91. The average molecular weight is 445 g/mol. The summed E-state index contributed by atoms with van der Waals surface area (Å²) < 4.78 is 42.6. The summed E-state index contributed by atoms with van der Waals surface area (Å²) in [4.78, 5) is 16.8. The van der Waals surface area contributed by atoms with Gasteiger partial charge in [0.1, 0.15) is 18.2 Å². The van der Waals surface area contributed by atoms with E-state index in [0.717, 1.165) is 22.5 Å². The smallest absolute Gasteiger partial charge is 0.367 e. The number of hydrogen-bond acceptors (Lipinski definition) is 5. The summed E-state index contributed by atoms with van der Waals surface area (Å²) in [5, 5.41) is 16.2. The SMILES string of the molecule is Cc1nc2c(C#N)cnn2c(C)c1CCC(=O)NCc1ccc(COCC(F)(F)F)cc1. The Bertz CT molecular complexity index is 1150. The van der Waals surface area contributed by atoms with Crippen molar-refractivity contribution in [3.63, 3.8) is 0 Å². The van der Waals surface area contributed by atoms with E-state index in [1.165, 1.54) is 6.20 Å². The lowest BCUT2D eigenvalue weighted by molar-refractivity contribution is -0.176. The number of rotatable bonds is 8. The lowest BCUT2D eigenvalue weighted by Crippen LogP contribution is -2.23. The topological polar surface area (TPSA) is 92.3 Å². The molecule has 0 bridgehead atoms. The fourth-order valence-corrected chi connectivity index (χ4v) is 3.32. The number of ether oxygens (including phenoxy) is 1. The average Bonchev–Trinajstić information content (AvgIpc) is 3.15. The first-order chi connectivity index (χ1) is 15.2. The minimum absolute atomic E-state index is 0.130. The Kier molecular flexibility index (Phi) is 7.10. The third-order valence-corrected chi connectivity index (χ3v) is 4.98. The summed E-state index contributed by atoms with van der Waals surface area (Å²) in [6, 6.07) is 8.89. The number of fused-ring (bicyclic) bond motifs is 1. The Morgan fingerprint density at radius 2 is 1.91 bits per heavy atom. The molecule has 0 radical (unpaired) electrons. The molecular formula is C22H22F3N5O2. The van der Waals surface area contributed by atoms with E-state index in [9.17, 15) is 18.0 Å². The molecule has 2 heterocycles. The number of halogens is 3. The largest absolute Gasteiger partial charge is 0.411 e. The molecule has 10 heteroatoms. The number of aromatic nitrogens is 3. The second kappa shape index (κ2) is 9.78. The molecule has 0 spiro atoms. The number of benzene rings is 1. The number of hydrogen-bond donors (Lipinski definition) is 1. The summed E-state index contributed by atoms with van der Waals surface area (Å²) in [6.45, 7) is 2.61. The molecule has 0 aliphatic heterocycles. The fraction of sp³-hybridized carbons (Fsp3) is 0.364. The highest BCUT2D eigenvalue weighted by atomic mass is 19.4. The van der Waals surface area contributed by atoms with E-state index < -0.39 is 12.8 Å². The van der Waals surface area contributed by atoms with Crippen LogP contribution < -0.4 is 5.32 Å². The van der Waals surface area contributed by atoms with Gasteiger partial charge in [0.15, 0.2) is 5.65 Å². The third kappa shape index (κ3) is 5.82. The zero-order chi connectivity index (χ0) is 23.3. The van der Waals surface area contributed by atoms with E-state index in [4.69, 9.17) is 5.26 Å². The van der Waals surface area contributed by atoms with E-state index in [0.29, 0.717) is 29.7 Å². The van der Waals surface area contributed by atoms with Gasteiger partial charge in [-0.1, -0.05) is 24.3 Å². The summed E-state index contributed by atoms with van der Waals surface area (Å²) in [5.41, 5.74) is 4.85. The maximum absolute atomic E-state index is 12.3. The molecular weight excluding hydrogens is 423 g/mol. The molecule has 0 atom stereocenters. The quantitative estimate of drug-likeness (QED) is 0.573. The number of carbonyl (C=O) groups excluding carboxylic acids is 1. The Labute approximate surface area is 182 Å². The Morgan fingerprint density at radius 1 is 1.22 bits per heavy atom. The molecule has 0 saturated heterocycles. The van der Waals surface area contributed by atoms with Crippen LogP contribution in [0.5, 0.6) is 0 Å². The van der Waals surface area contributed by atoms with Gasteiger partial charge >= 0.3 is 6.18 Å². The van der Waals surface area contributed by atoms with Crippen molar-refractivity contribution in [3.05, 3.63) is 64.1 Å². The van der Waals surface area contributed by atoms with E-state index in [2.05, 4.69) is 26.2 Å². The molecule has 2 aromatic heterocycles. The zero-order valence-corrected chi connectivity index (χ0v) is 17.7. The number of nitrogens with one attached hydrogen (secondary N) is 1. The second-order valence-corrected chi connectivity index (χ2v) is 7.37. The minimum atomic E-state index is -4.35. The molecule has 0 unspecified atom stereocenters. The Hall–Kier alpha value is -3.45. The third-order valence-electron chi connectivity index (χ3n) is 4.98. The fourth-order valence-electron chi connectivity index (χ4n) is 3.32. The monoisotopic (exact) mass is 445 g/mol.